The number of carbonyl (C=O) groups is 1. The first-order valence-corrected chi connectivity index (χ1v) is 6.60. The van der Waals surface area contributed by atoms with E-state index in [0.29, 0.717) is 6.10 Å². The second-order valence-electron chi connectivity index (χ2n) is 4.91. The molecule has 1 fully saturated rings. The molecule has 1 amide bonds. The highest BCUT2D eigenvalue weighted by molar-refractivity contribution is 5.77. The third-order valence-corrected chi connectivity index (χ3v) is 3.19. The zero-order valence-corrected chi connectivity index (χ0v) is 10.6. The minimum Gasteiger partial charge on any atom is -0.368 e. The van der Waals surface area contributed by atoms with Crippen LogP contribution >= 0.6 is 0 Å². The van der Waals surface area contributed by atoms with Gasteiger partial charge in [0, 0.05) is 6.54 Å². The Hall–Kier alpha value is -0.570. The normalized spacial score (nSPS) is 25.4. The average molecular weight is 227 g/mol. The zero-order chi connectivity index (χ0) is 11.8. The maximum Gasteiger partial charge on any atom is 0.246 e. The van der Waals surface area contributed by atoms with Gasteiger partial charge in [-0.25, -0.2) is 0 Å². The van der Waals surface area contributed by atoms with Crippen LogP contribution in [0.4, 0.5) is 0 Å². The van der Waals surface area contributed by atoms with E-state index in [4.69, 9.17) is 4.74 Å². The summed E-state index contributed by atoms with van der Waals surface area (Å²) in [5.74, 6) is 0.786. The molecule has 0 saturated heterocycles. The van der Waals surface area contributed by atoms with Crippen molar-refractivity contribution in [3.63, 3.8) is 0 Å². The molecule has 94 valence electrons. The molecule has 0 aromatic rings. The Balaban J connectivity index is 2.06. The maximum atomic E-state index is 11.4. The van der Waals surface area contributed by atoms with Crippen LogP contribution in [0.1, 0.15) is 52.4 Å². The molecule has 0 aliphatic heterocycles. The number of unbranched alkanes of at least 4 members (excludes halogenated alkanes) is 1. The Labute approximate surface area is 98.9 Å². The molecular weight excluding hydrogens is 202 g/mol. The van der Waals surface area contributed by atoms with Crippen molar-refractivity contribution in [2.24, 2.45) is 5.92 Å². The van der Waals surface area contributed by atoms with E-state index in [1.54, 1.807) is 0 Å². The van der Waals surface area contributed by atoms with Crippen molar-refractivity contribution < 1.29 is 9.53 Å². The molecule has 0 heterocycles. The first-order chi connectivity index (χ1) is 7.72. The van der Waals surface area contributed by atoms with Gasteiger partial charge >= 0.3 is 0 Å². The van der Waals surface area contributed by atoms with Crippen molar-refractivity contribution in [1.82, 2.24) is 5.32 Å². The Bertz CT molecular complexity index is 206. The molecular formula is C13H25NO2. The number of rotatable bonds is 6. The van der Waals surface area contributed by atoms with Crippen LogP contribution in [0.15, 0.2) is 0 Å². The first-order valence-electron chi connectivity index (χ1n) is 6.60. The highest BCUT2D eigenvalue weighted by Crippen LogP contribution is 2.25. The molecule has 1 aliphatic carbocycles. The van der Waals surface area contributed by atoms with Crippen molar-refractivity contribution in [2.45, 2.75) is 58.5 Å². The molecule has 1 N–H and O–H groups in total. The molecule has 2 unspecified atom stereocenters. The molecule has 1 saturated carbocycles. The summed E-state index contributed by atoms with van der Waals surface area (Å²) in [7, 11) is 0. The Morgan fingerprint density at radius 2 is 2.25 bits per heavy atom. The lowest BCUT2D eigenvalue weighted by atomic mass is 9.89. The fourth-order valence-corrected chi connectivity index (χ4v) is 2.18. The fourth-order valence-electron chi connectivity index (χ4n) is 2.18. The van der Waals surface area contributed by atoms with Crippen molar-refractivity contribution in [3.8, 4) is 0 Å². The van der Waals surface area contributed by atoms with Gasteiger partial charge in [-0.3, -0.25) is 4.79 Å². The molecule has 0 aromatic heterocycles. The summed E-state index contributed by atoms with van der Waals surface area (Å²) in [6, 6.07) is 0. The summed E-state index contributed by atoms with van der Waals surface area (Å²) in [5, 5.41) is 2.87. The van der Waals surface area contributed by atoms with E-state index >= 15 is 0 Å². The third-order valence-electron chi connectivity index (χ3n) is 3.19. The largest absolute Gasteiger partial charge is 0.368 e. The van der Waals surface area contributed by atoms with Gasteiger partial charge in [-0.05, 0) is 25.2 Å². The molecule has 2 atom stereocenters. The molecule has 1 rings (SSSR count). The van der Waals surface area contributed by atoms with Gasteiger partial charge in [0.1, 0.15) is 6.61 Å². The Morgan fingerprint density at radius 1 is 1.44 bits per heavy atom. The standard InChI is InChI=1S/C13H25NO2/c1-3-4-8-14-13(15)10-16-12-7-5-6-11(2)9-12/h11-12H,3-10H2,1-2H3,(H,14,15). The van der Waals surface area contributed by atoms with Crippen LogP contribution in [0.25, 0.3) is 0 Å². The number of nitrogens with one attached hydrogen (secondary N) is 1. The topological polar surface area (TPSA) is 38.3 Å². The highest BCUT2D eigenvalue weighted by atomic mass is 16.5. The first kappa shape index (κ1) is 13.5. The fraction of sp³-hybridized carbons (Fsp3) is 0.923. The van der Waals surface area contributed by atoms with Gasteiger partial charge in [0.25, 0.3) is 0 Å². The summed E-state index contributed by atoms with van der Waals surface area (Å²) < 4.78 is 5.63. The van der Waals surface area contributed by atoms with E-state index in [9.17, 15) is 4.79 Å². The minimum absolute atomic E-state index is 0.0340. The summed E-state index contributed by atoms with van der Waals surface area (Å²) in [5.41, 5.74) is 0. The molecule has 0 bridgehead atoms. The number of ether oxygens (including phenoxy) is 1. The Kier molecular flexibility index (Phi) is 6.46. The van der Waals surface area contributed by atoms with E-state index in [1.165, 1.54) is 12.8 Å². The average Bonchev–Trinajstić information content (AvgIpc) is 2.27. The number of hydrogen-bond donors (Lipinski definition) is 1. The van der Waals surface area contributed by atoms with Crippen molar-refractivity contribution in [3.05, 3.63) is 0 Å². The molecule has 1 aliphatic rings. The smallest absolute Gasteiger partial charge is 0.246 e. The summed E-state index contributed by atoms with van der Waals surface area (Å²) in [6.45, 7) is 5.39. The number of hydrogen-bond acceptors (Lipinski definition) is 2. The quantitative estimate of drug-likeness (QED) is 0.708. The van der Waals surface area contributed by atoms with Gasteiger partial charge in [-0.2, -0.15) is 0 Å². The van der Waals surface area contributed by atoms with Crippen LogP contribution in [0.2, 0.25) is 0 Å². The van der Waals surface area contributed by atoms with Gasteiger partial charge in [0.2, 0.25) is 5.91 Å². The van der Waals surface area contributed by atoms with E-state index in [2.05, 4.69) is 19.2 Å². The van der Waals surface area contributed by atoms with Crippen molar-refractivity contribution >= 4 is 5.91 Å². The summed E-state index contributed by atoms with van der Waals surface area (Å²) in [4.78, 5) is 11.4. The second-order valence-corrected chi connectivity index (χ2v) is 4.91. The summed E-state index contributed by atoms with van der Waals surface area (Å²) >= 11 is 0. The van der Waals surface area contributed by atoms with Crippen molar-refractivity contribution in [1.29, 1.82) is 0 Å². The van der Waals surface area contributed by atoms with Crippen LogP contribution in [0.5, 0.6) is 0 Å². The van der Waals surface area contributed by atoms with Gasteiger partial charge in [-0.15, -0.1) is 0 Å². The van der Waals surface area contributed by atoms with Gasteiger partial charge < -0.3 is 10.1 Å². The predicted octanol–water partition coefficient (Wildman–Crippen LogP) is 2.50. The lowest BCUT2D eigenvalue weighted by Gasteiger charge is -2.26. The number of carbonyl (C=O) groups excluding carboxylic acids is 1. The van der Waals surface area contributed by atoms with Crippen LogP contribution in [0.3, 0.4) is 0 Å². The Morgan fingerprint density at radius 3 is 2.94 bits per heavy atom. The highest BCUT2D eigenvalue weighted by Gasteiger charge is 2.19. The zero-order valence-electron chi connectivity index (χ0n) is 10.6. The maximum absolute atomic E-state index is 11.4. The second kappa shape index (κ2) is 7.66. The number of amides is 1. The van der Waals surface area contributed by atoms with Crippen LogP contribution in [-0.2, 0) is 9.53 Å². The van der Waals surface area contributed by atoms with Crippen LogP contribution in [0, 0.1) is 5.92 Å². The minimum atomic E-state index is 0.0340. The van der Waals surface area contributed by atoms with Gasteiger partial charge in [0.05, 0.1) is 6.10 Å². The molecule has 3 heteroatoms. The van der Waals surface area contributed by atoms with E-state index in [1.807, 2.05) is 0 Å². The van der Waals surface area contributed by atoms with Crippen LogP contribution < -0.4 is 5.32 Å². The van der Waals surface area contributed by atoms with E-state index in [0.717, 1.165) is 38.1 Å². The van der Waals surface area contributed by atoms with E-state index in [-0.39, 0.29) is 12.5 Å². The van der Waals surface area contributed by atoms with Gasteiger partial charge in [0.15, 0.2) is 0 Å². The molecule has 0 radical (unpaired) electrons. The van der Waals surface area contributed by atoms with E-state index < -0.39 is 0 Å². The SMILES string of the molecule is CCCCNC(=O)COC1CCCC(C)C1. The molecule has 3 nitrogen and oxygen atoms in total. The van der Waals surface area contributed by atoms with Crippen LogP contribution in [-0.4, -0.2) is 25.2 Å². The monoisotopic (exact) mass is 227 g/mol. The molecule has 16 heavy (non-hydrogen) atoms. The van der Waals surface area contributed by atoms with Gasteiger partial charge in [-0.1, -0.05) is 33.1 Å². The molecule has 0 aromatic carbocycles. The lowest BCUT2D eigenvalue weighted by molar-refractivity contribution is -0.128. The molecule has 0 spiro atoms. The third kappa shape index (κ3) is 5.50. The van der Waals surface area contributed by atoms with Crippen molar-refractivity contribution in [2.75, 3.05) is 13.2 Å². The lowest BCUT2D eigenvalue weighted by Crippen LogP contribution is -2.31. The summed E-state index contributed by atoms with van der Waals surface area (Å²) in [6.07, 6.45) is 7.24. The predicted molar refractivity (Wildman–Crippen MR) is 65.3 cm³/mol.